The van der Waals surface area contributed by atoms with Gasteiger partial charge in [0.05, 0.1) is 0 Å². The standard InChI is InChI=1S/C6H10N2O/c1-8(2)5-3-4-6(9)7-5/h3-4H2,1-2H3. The lowest BCUT2D eigenvalue weighted by atomic mass is 10.3. The summed E-state index contributed by atoms with van der Waals surface area (Å²) in [6.07, 6.45) is 1.40. The van der Waals surface area contributed by atoms with E-state index in [9.17, 15) is 4.79 Å². The van der Waals surface area contributed by atoms with Gasteiger partial charge in [-0.1, -0.05) is 0 Å². The van der Waals surface area contributed by atoms with Crippen molar-refractivity contribution in [1.82, 2.24) is 4.90 Å². The van der Waals surface area contributed by atoms with Gasteiger partial charge >= 0.3 is 0 Å². The van der Waals surface area contributed by atoms with Crippen molar-refractivity contribution >= 4 is 11.7 Å². The van der Waals surface area contributed by atoms with Crippen LogP contribution in [0, 0.1) is 0 Å². The van der Waals surface area contributed by atoms with Crippen LogP contribution >= 0.6 is 0 Å². The number of carbonyl (C=O) groups excluding carboxylic acids is 1. The second-order valence-electron chi connectivity index (χ2n) is 2.32. The van der Waals surface area contributed by atoms with Crippen LogP contribution in [0.4, 0.5) is 0 Å². The molecule has 1 rings (SSSR count). The Morgan fingerprint density at radius 1 is 1.44 bits per heavy atom. The molecule has 0 radical (unpaired) electrons. The quantitative estimate of drug-likeness (QED) is 0.466. The molecule has 0 atom stereocenters. The lowest BCUT2D eigenvalue weighted by Gasteiger charge is -2.09. The zero-order chi connectivity index (χ0) is 6.85. The Bertz CT molecular complexity index is 160. The molecule has 3 nitrogen and oxygen atoms in total. The van der Waals surface area contributed by atoms with Crippen molar-refractivity contribution in [3.63, 3.8) is 0 Å². The summed E-state index contributed by atoms with van der Waals surface area (Å²) in [5.41, 5.74) is 0. The minimum atomic E-state index is 0.0127. The zero-order valence-corrected chi connectivity index (χ0v) is 5.72. The predicted molar refractivity (Wildman–Crippen MR) is 35.4 cm³/mol. The third-order valence-electron chi connectivity index (χ3n) is 1.33. The van der Waals surface area contributed by atoms with E-state index in [1.54, 1.807) is 0 Å². The van der Waals surface area contributed by atoms with E-state index < -0.39 is 0 Å². The summed E-state index contributed by atoms with van der Waals surface area (Å²) in [5.74, 6) is 0.915. The Kier molecular flexibility index (Phi) is 1.51. The van der Waals surface area contributed by atoms with Crippen molar-refractivity contribution in [2.24, 2.45) is 4.99 Å². The van der Waals surface area contributed by atoms with Crippen LogP contribution in [0.2, 0.25) is 0 Å². The van der Waals surface area contributed by atoms with Crippen LogP contribution in [0.1, 0.15) is 12.8 Å². The van der Waals surface area contributed by atoms with Gasteiger partial charge in [0.15, 0.2) is 0 Å². The first kappa shape index (κ1) is 6.26. The van der Waals surface area contributed by atoms with Crippen LogP contribution in [-0.4, -0.2) is 30.7 Å². The zero-order valence-electron chi connectivity index (χ0n) is 5.72. The van der Waals surface area contributed by atoms with Crippen molar-refractivity contribution < 1.29 is 4.79 Å². The van der Waals surface area contributed by atoms with Gasteiger partial charge in [0.2, 0.25) is 5.91 Å². The largest absolute Gasteiger partial charge is 0.366 e. The van der Waals surface area contributed by atoms with E-state index >= 15 is 0 Å². The number of aliphatic imine (C=N–C) groups is 1. The van der Waals surface area contributed by atoms with Gasteiger partial charge in [0, 0.05) is 26.9 Å². The Morgan fingerprint density at radius 2 is 2.11 bits per heavy atom. The highest BCUT2D eigenvalue weighted by Crippen LogP contribution is 2.06. The minimum Gasteiger partial charge on any atom is -0.366 e. The molecule has 0 aromatic rings. The summed E-state index contributed by atoms with van der Waals surface area (Å²) in [6, 6.07) is 0. The molecule has 0 aliphatic carbocycles. The molecule has 0 saturated carbocycles. The predicted octanol–water partition coefficient (Wildman–Crippen LogP) is 0.267. The molecule has 9 heavy (non-hydrogen) atoms. The van der Waals surface area contributed by atoms with Gasteiger partial charge in [-0.25, -0.2) is 4.99 Å². The van der Waals surface area contributed by atoms with Crippen LogP contribution in [0.25, 0.3) is 0 Å². The van der Waals surface area contributed by atoms with Crippen LogP contribution in [0.5, 0.6) is 0 Å². The molecule has 0 spiro atoms. The van der Waals surface area contributed by atoms with Crippen LogP contribution in [0.15, 0.2) is 4.99 Å². The maximum Gasteiger partial charge on any atom is 0.247 e. The first-order valence-corrected chi connectivity index (χ1v) is 2.98. The van der Waals surface area contributed by atoms with Crippen molar-refractivity contribution in [2.45, 2.75) is 12.8 Å². The molecular formula is C6H10N2O. The number of hydrogen-bond donors (Lipinski definition) is 0. The van der Waals surface area contributed by atoms with Crippen LogP contribution in [-0.2, 0) is 4.79 Å². The highest BCUT2D eigenvalue weighted by Gasteiger charge is 2.14. The average Bonchev–Trinajstić information content (AvgIpc) is 2.14. The smallest absolute Gasteiger partial charge is 0.247 e. The van der Waals surface area contributed by atoms with Crippen LogP contribution < -0.4 is 0 Å². The first-order valence-electron chi connectivity index (χ1n) is 2.98. The molecule has 1 aliphatic heterocycles. The molecule has 1 amide bonds. The molecule has 1 heterocycles. The second kappa shape index (κ2) is 2.17. The van der Waals surface area contributed by atoms with Gasteiger partial charge in [-0.2, -0.15) is 0 Å². The Labute approximate surface area is 54.4 Å². The molecule has 0 aromatic carbocycles. The average molecular weight is 126 g/mol. The molecular weight excluding hydrogens is 116 g/mol. The number of rotatable bonds is 0. The Morgan fingerprint density at radius 3 is 2.33 bits per heavy atom. The topological polar surface area (TPSA) is 32.7 Å². The van der Waals surface area contributed by atoms with Gasteiger partial charge in [-0.15, -0.1) is 0 Å². The molecule has 1 aliphatic rings. The number of nitrogens with zero attached hydrogens (tertiary/aromatic N) is 2. The third-order valence-corrected chi connectivity index (χ3v) is 1.33. The summed E-state index contributed by atoms with van der Waals surface area (Å²) < 4.78 is 0. The van der Waals surface area contributed by atoms with Gasteiger partial charge in [-0.3, -0.25) is 4.79 Å². The van der Waals surface area contributed by atoms with Gasteiger partial charge in [0.1, 0.15) is 5.84 Å². The highest BCUT2D eigenvalue weighted by atomic mass is 16.1. The van der Waals surface area contributed by atoms with Gasteiger partial charge in [-0.05, 0) is 0 Å². The molecule has 50 valence electrons. The van der Waals surface area contributed by atoms with E-state index in [0.717, 1.165) is 12.3 Å². The maximum absolute atomic E-state index is 10.5. The lowest BCUT2D eigenvalue weighted by molar-refractivity contribution is -0.117. The monoisotopic (exact) mass is 126 g/mol. The Balaban J connectivity index is 2.62. The summed E-state index contributed by atoms with van der Waals surface area (Å²) in [4.78, 5) is 16.2. The van der Waals surface area contributed by atoms with E-state index in [2.05, 4.69) is 4.99 Å². The first-order chi connectivity index (χ1) is 4.20. The molecule has 0 saturated heterocycles. The minimum absolute atomic E-state index is 0.0127. The lowest BCUT2D eigenvalue weighted by Crippen LogP contribution is -2.19. The molecule has 0 bridgehead atoms. The van der Waals surface area contributed by atoms with E-state index in [-0.39, 0.29) is 5.91 Å². The van der Waals surface area contributed by atoms with E-state index in [1.807, 2.05) is 19.0 Å². The SMILES string of the molecule is CN(C)C1=NC(=O)CC1. The summed E-state index contributed by atoms with van der Waals surface area (Å²) in [7, 11) is 3.80. The van der Waals surface area contributed by atoms with E-state index in [1.165, 1.54) is 0 Å². The maximum atomic E-state index is 10.5. The fourth-order valence-electron chi connectivity index (χ4n) is 0.798. The second-order valence-corrected chi connectivity index (χ2v) is 2.32. The Hall–Kier alpha value is -0.860. The fourth-order valence-corrected chi connectivity index (χ4v) is 0.798. The number of hydrogen-bond acceptors (Lipinski definition) is 2. The molecule has 0 aromatic heterocycles. The number of amidine groups is 1. The van der Waals surface area contributed by atoms with Gasteiger partial charge < -0.3 is 4.90 Å². The van der Waals surface area contributed by atoms with Crippen molar-refractivity contribution in [3.8, 4) is 0 Å². The summed E-state index contributed by atoms with van der Waals surface area (Å²) in [5, 5.41) is 0. The van der Waals surface area contributed by atoms with Crippen molar-refractivity contribution in [2.75, 3.05) is 14.1 Å². The third kappa shape index (κ3) is 1.28. The molecule has 0 N–H and O–H groups in total. The summed E-state index contributed by atoms with van der Waals surface area (Å²) in [6.45, 7) is 0. The molecule has 0 unspecified atom stereocenters. The molecule has 0 fully saturated rings. The molecule has 3 heteroatoms. The number of amides is 1. The highest BCUT2D eigenvalue weighted by molar-refractivity contribution is 6.00. The van der Waals surface area contributed by atoms with Crippen molar-refractivity contribution in [3.05, 3.63) is 0 Å². The number of carbonyl (C=O) groups is 1. The van der Waals surface area contributed by atoms with Gasteiger partial charge in [0.25, 0.3) is 0 Å². The normalized spacial score (nSPS) is 18.0. The van der Waals surface area contributed by atoms with Crippen LogP contribution in [0.3, 0.4) is 0 Å². The van der Waals surface area contributed by atoms with E-state index in [0.29, 0.717) is 6.42 Å². The van der Waals surface area contributed by atoms with E-state index in [4.69, 9.17) is 0 Å². The van der Waals surface area contributed by atoms with Crippen molar-refractivity contribution in [1.29, 1.82) is 0 Å². The summed E-state index contributed by atoms with van der Waals surface area (Å²) >= 11 is 0. The fraction of sp³-hybridized carbons (Fsp3) is 0.667.